The molecule has 1 heterocycles. The maximum absolute atomic E-state index is 13.8. The molecular formula is C15H21BrF2N2. The van der Waals surface area contributed by atoms with E-state index in [1.165, 1.54) is 6.07 Å². The van der Waals surface area contributed by atoms with E-state index in [0.29, 0.717) is 22.0 Å². The van der Waals surface area contributed by atoms with Gasteiger partial charge in [0, 0.05) is 19.2 Å². The molecule has 1 atom stereocenters. The van der Waals surface area contributed by atoms with E-state index >= 15 is 0 Å². The highest BCUT2D eigenvalue weighted by Gasteiger charge is 2.25. The van der Waals surface area contributed by atoms with Crippen LogP contribution in [0.15, 0.2) is 16.6 Å². The summed E-state index contributed by atoms with van der Waals surface area (Å²) >= 11 is 3.12. The fraction of sp³-hybridized carbons (Fsp3) is 0.600. The Morgan fingerprint density at radius 3 is 2.80 bits per heavy atom. The number of halogens is 3. The molecule has 5 heteroatoms. The van der Waals surface area contributed by atoms with Gasteiger partial charge in [0.25, 0.3) is 0 Å². The lowest BCUT2D eigenvalue weighted by atomic mass is 10.1. The van der Waals surface area contributed by atoms with Gasteiger partial charge in [0.2, 0.25) is 0 Å². The van der Waals surface area contributed by atoms with E-state index in [9.17, 15) is 8.78 Å². The predicted molar refractivity (Wildman–Crippen MR) is 82.1 cm³/mol. The Hall–Kier alpha value is -0.680. The van der Waals surface area contributed by atoms with Crippen LogP contribution in [0.5, 0.6) is 0 Å². The first-order valence-corrected chi connectivity index (χ1v) is 7.87. The van der Waals surface area contributed by atoms with Crippen LogP contribution in [0, 0.1) is 23.5 Å². The molecule has 112 valence electrons. The zero-order valence-electron chi connectivity index (χ0n) is 11.9. The summed E-state index contributed by atoms with van der Waals surface area (Å²) in [6, 6.07) is 2.48. The van der Waals surface area contributed by atoms with Gasteiger partial charge in [-0.1, -0.05) is 13.8 Å². The van der Waals surface area contributed by atoms with Gasteiger partial charge in [0.1, 0.15) is 11.6 Å². The predicted octanol–water partition coefficient (Wildman–Crippen LogP) is 3.80. The highest BCUT2D eigenvalue weighted by molar-refractivity contribution is 9.10. The van der Waals surface area contributed by atoms with Gasteiger partial charge in [0.15, 0.2) is 0 Å². The van der Waals surface area contributed by atoms with Gasteiger partial charge in [-0.25, -0.2) is 8.78 Å². The minimum Gasteiger partial charge on any atom is -0.369 e. The lowest BCUT2D eigenvalue weighted by Gasteiger charge is -2.20. The molecule has 0 amide bonds. The van der Waals surface area contributed by atoms with Crippen molar-refractivity contribution in [2.45, 2.75) is 20.3 Å². The Bertz CT molecular complexity index is 465. The zero-order valence-corrected chi connectivity index (χ0v) is 13.5. The van der Waals surface area contributed by atoms with Crippen LogP contribution < -0.4 is 10.2 Å². The Kier molecular flexibility index (Phi) is 5.38. The summed E-state index contributed by atoms with van der Waals surface area (Å²) in [6.07, 6.45) is 1.04. The van der Waals surface area contributed by atoms with Gasteiger partial charge >= 0.3 is 0 Å². The molecule has 1 unspecified atom stereocenters. The van der Waals surface area contributed by atoms with Crippen LogP contribution >= 0.6 is 15.9 Å². The van der Waals surface area contributed by atoms with Crippen LogP contribution in [-0.4, -0.2) is 26.2 Å². The molecule has 0 aliphatic carbocycles. The summed E-state index contributed by atoms with van der Waals surface area (Å²) < 4.78 is 27.4. The van der Waals surface area contributed by atoms with Crippen LogP contribution in [0.2, 0.25) is 0 Å². The second-order valence-corrected chi connectivity index (χ2v) is 6.72. The van der Waals surface area contributed by atoms with E-state index in [4.69, 9.17) is 0 Å². The average Bonchev–Trinajstić information content (AvgIpc) is 2.82. The van der Waals surface area contributed by atoms with Crippen molar-refractivity contribution in [1.82, 2.24) is 5.32 Å². The summed E-state index contributed by atoms with van der Waals surface area (Å²) in [5.41, 5.74) is 0.490. The minimum atomic E-state index is -0.555. The molecule has 0 bridgehead atoms. The first-order chi connectivity index (χ1) is 9.47. The van der Waals surface area contributed by atoms with Crippen molar-refractivity contribution < 1.29 is 8.78 Å². The van der Waals surface area contributed by atoms with E-state index in [2.05, 4.69) is 35.1 Å². The van der Waals surface area contributed by atoms with Crippen LogP contribution in [0.3, 0.4) is 0 Å². The normalized spacial score (nSPS) is 19.1. The lowest BCUT2D eigenvalue weighted by molar-refractivity contribution is 0.477. The molecule has 0 spiro atoms. The Balaban J connectivity index is 1.94. The van der Waals surface area contributed by atoms with Crippen molar-refractivity contribution in [2.75, 3.05) is 31.1 Å². The summed E-state index contributed by atoms with van der Waals surface area (Å²) in [7, 11) is 0. The number of anilines is 1. The molecular weight excluding hydrogens is 326 g/mol. The smallest absolute Gasteiger partial charge is 0.149 e. The number of benzene rings is 1. The highest BCUT2D eigenvalue weighted by Crippen LogP contribution is 2.30. The third kappa shape index (κ3) is 3.92. The summed E-state index contributed by atoms with van der Waals surface area (Å²) in [4.78, 5) is 2.00. The molecule has 1 fully saturated rings. The quantitative estimate of drug-likeness (QED) is 0.815. The van der Waals surface area contributed by atoms with Crippen LogP contribution in [0.4, 0.5) is 14.5 Å². The zero-order chi connectivity index (χ0) is 14.7. The van der Waals surface area contributed by atoms with Crippen LogP contribution in [0.25, 0.3) is 0 Å². The molecule has 1 saturated heterocycles. The standard InChI is InChI=1S/C15H21BrF2N2/c1-10(2)7-19-8-11-3-4-20(9-11)15-5-12(16)13(17)6-14(15)18/h5-6,10-11,19H,3-4,7-9H2,1-2H3. The van der Waals surface area contributed by atoms with Gasteiger partial charge in [-0.2, -0.15) is 0 Å². The van der Waals surface area contributed by atoms with Crippen molar-refractivity contribution in [2.24, 2.45) is 11.8 Å². The Morgan fingerprint density at radius 2 is 2.10 bits per heavy atom. The minimum absolute atomic E-state index is 0.315. The van der Waals surface area contributed by atoms with Gasteiger partial charge in [-0.3, -0.25) is 0 Å². The van der Waals surface area contributed by atoms with Gasteiger partial charge in [-0.15, -0.1) is 0 Å². The van der Waals surface area contributed by atoms with Crippen molar-refractivity contribution >= 4 is 21.6 Å². The molecule has 0 radical (unpaired) electrons. The molecule has 0 saturated carbocycles. The fourth-order valence-electron chi connectivity index (χ4n) is 2.55. The maximum atomic E-state index is 13.8. The molecule has 1 aliphatic heterocycles. The first-order valence-electron chi connectivity index (χ1n) is 7.07. The largest absolute Gasteiger partial charge is 0.369 e. The molecule has 2 rings (SSSR count). The van der Waals surface area contributed by atoms with Crippen molar-refractivity contribution in [1.29, 1.82) is 0 Å². The maximum Gasteiger partial charge on any atom is 0.149 e. The summed E-state index contributed by atoms with van der Waals surface area (Å²) in [5.74, 6) is 0.122. The monoisotopic (exact) mass is 346 g/mol. The van der Waals surface area contributed by atoms with Crippen molar-refractivity contribution in [3.8, 4) is 0 Å². The molecule has 1 N–H and O–H groups in total. The Labute approximate surface area is 127 Å². The second kappa shape index (κ2) is 6.85. The van der Waals surface area contributed by atoms with Crippen molar-refractivity contribution in [3.05, 3.63) is 28.2 Å². The molecule has 1 aliphatic rings. The average molecular weight is 347 g/mol. The fourth-order valence-corrected chi connectivity index (χ4v) is 2.88. The SMILES string of the molecule is CC(C)CNCC1CCN(c2cc(Br)c(F)cc2F)C1. The third-order valence-corrected chi connectivity index (χ3v) is 4.21. The first kappa shape index (κ1) is 15.7. The topological polar surface area (TPSA) is 15.3 Å². The number of nitrogens with zero attached hydrogens (tertiary/aromatic N) is 1. The van der Waals surface area contributed by atoms with E-state index in [1.807, 2.05) is 4.90 Å². The van der Waals surface area contributed by atoms with Gasteiger partial charge in [0.05, 0.1) is 10.2 Å². The molecule has 1 aromatic carbocycles. The van der Waals surface area contributed by atoms with Crippen LogP contribution in [0.1, 0.15) is 20.3 Å². The van der Waals surface area contributed by atoms with E-state index in [-0.39, 0.29) is 0 Å². The van der Waals surface area contributed by atoms with Crippen LogP contribution in [-0.2, 0) is 0 Å². The van der Waals surface area contributed by atoms with Gasteiger partial charge < -0.3 is 10.2 Å². The molecule has 0 aromatic heterocycles. The number of nitrogens with one attached hydrogen (secondary N) is 1. The summed E-state index contributed by atoms with van der Waals surface area (Å²) in [6.45, 7) is 7.97. The highest BCUT2D eigenvalue weighted by atomic mass is 79.9. The lowest BCUT2D eigenvalue weighted by Crippen LogP contribution is -2.29. The third-order valence-electron chi connectivity index (χ3n) is 3.60. The van der Waals surface area contributed by atoms with Crippen molar-refractivity contribution in [3.63, 3.8) is 0 Å². The molecule has 2 nitrogen and oxygen atoms in total. The molecule has 1 aromatic rings. The van der Waals surface area contributed by atoms with E-state index in [1.54, 1.807) is 0 Å². The summed E-state index contributed by atoms with van der Waals surface area (Å²) in [5, 5.41) is 3.44. The van der Waals surface area contributed by atoms with E-state index < -0.39 is 11.6 Å². The molecule has 20 heavy (non-hydrogen) atoms. The van der Waals surface area contributed by atoms with E-state index in [0.717, 1.165) is 38.7 Å². The Morgan fingerprint density at radius 1 is 1.35 bits per heavy atom. The van der Waals surface area contributed by atoms with Gasteiger partial charge in [-0.05, 0) is 53.3 Å². The number of hydrogen-bond donors (Lipinski definition) is 1. The number of hydrogen-bond acceptors (Lipinski definition) is 2. The second-order valence-electron chi connectivity index (χ2n) is 5.87. The number of rotatable bonds is 5.